The van der Waals surface area contributed by atoms with Crippen LogP contribution in [0, 0.1) is 0 Å². The second-order valence-electron chi connectivity index (χ2n) is 7.71. The van der Waals surface area contributed by atoms with E-state index >= 15 is 0 Å². The minimum Gasteiger partial charge on any atom is -0.491 e. The van der Waals surface area contributed by atoms with Gasteiger partial charge in [0, 0.05) is 25.5 Å². The monoisotopic (exact) mass is 427 g/mol. The number of amides is 1. The highest BCUT2D eigenvalue weighted by Gasteiger charge is 2.58. The number of carbonyl (C=O) groups excluding carboxylic acids is 1. The number of rotatable bonds is 9. The SMILES string of the molecule is CC(CCc1ccc(OC(C)C)cc1)NC(=O)CC(O)(c1nccn1C)C(F)(F)F. The molecule has 0 aliphatic heterocycles. The van der Waals surface area contributed by atoms with E-state index in [-0.39, 0.29) is 12.1 Å². The van der Waals surface area contributed by atoms with Crippen LogP contribution in [0.1, 0.15) is 45.0 Å². The summed E-state index contributed by atoms with van der Waals surface area (Å²) in [5, 5.41) is 12.8. The maximum Gasteiger partial charge on any atom is 0.425 e. The lowest BCUT2D eigenvalue weighted by atomic mass is 9.96. The number of aryl methyl sites for hydroxylation is 2. The van der Waals surface area contributed by atoms with E-state index in [9.17, 15) is 23.1 Å². The Balaban J connectivity index is 1.94. The topological polar surface area (TPSA) is 76.4 Å². The molecule has 166 valence electrons. The standard InChI is InChI=1S/C21H28F3N3O3/c1-14(2)30-17-9-7-16(8-10-17)6-5-15(3)26-18(28)13-20(29,21(22,23)24)19-25-11-12-27(19)4/h7-12,14-15,29H,5-6,13H2,1-4H3,(H,26,28). The molecule has 0 aliphatic rings. The smallest absolute Gasteiger partial charge is 0.425 e. The van der Waals surface area contributed by atoms with Gasteiger partial charge in [-0.3, -0.25) is 4.79 Å². The lowest BCUT2D eigenvalue weighted by Gasteiger charge is -2.29. The molecule has 6 nitrogen and oxygen atoms in total. The van der Waals surface area contributed by atoms with Gasteiger partial charge in [-0.2, -0.15) is 13.2 Å². The van der Waals surface area contributed by atoms with Crippen molar-refractivity contribution in [2.45, 2.75) is 64.0 Å². The van der Waals surface area contributed by atoms with Crippen LogP contribution >= 0.6 is 0 Å². The van der Waals surface area contributed by atoms with Gasteiger partial charge in [-0.15, -0.1) is 0 Å². The highest BCUT2D eigenvalue weighted by Crippen LogP contribution is 2.40. The largest absolute Gasteiger partial charge is 0.491 e. The van der Waals surface area contributed by atoms with E-state index in [2.05, 4.69) is 10.3 Å². The zero-order chi connectivity index (χ0) is 22.5. The average Bonchev–Trinajstić information content (AvgIpc) is 3.06. The molecule has 0 radical (unpaired) electrons. The lowest BCUT2D eigenvalue weighted by Crippen LogP contribution is -2.48. The van der Waals surface area contributed by atoms with Crippen LogP contribution in [-0.2, 0) is 23.9 Å². The van der Waals surface area contributed by atoms with Gasteiger partial charge in [0.25, 0.3) is 0 Å². The summed E-state index contributed by atoms with van der Waals surface area (Å²) in [6.07, 6.45) is -2.55. The van der Waals surface area contributed by atoms with Crippen molar-refractivity contribution >= 4 is 5.91 Å². The predicted octanol–water partition coefficient (Wildman–Crippen LogP) is 3.48. The highest BCUT2D eigenvalue weighted by atomic mass is 19.4. The molecular weight excluding hydrogens is 399 g/mol. The molecular formula is C21H28F3N3O3. The van der Waals surface area contributed by atoms with Gasteiger partial charge in [0.05, 0.1) is 12.5 Å². The molecule has 2 unspecified atom stereocenters. The van der Waals surface area contributed by atoms with E-state index in [1.165, 1.54) is 13.2 Å². The first kappa shape index (κ1) is 23.7. The van der Waals surface area contributed by atoms with E-state index in [4.69, 9.17) is 4.74 Å². The number of carbonyl (C=O) groups is 1. The third-order valence-corrected chi connectivity index (χ3v) is 4.64. The van der Waals surface area contributed by atoms with Crippen LogP contribution in [0.15, 0.2) is 36.7 Å². The minimum atomic E-state index is -5.05. The Hall–Kier alpha value is -2.55. The molecule has 1 aromatic carbocycles. The Morgan fingerprint density at radius 1 is 1.23 bits per heavy atom. The number of aliphatic hydroxyl groups is 1. The van der Waals surface area contributed by atoms with E-state index in [1.807, 2.05) is 38.1 Å². The Morgan fingerprint density at radius 3 is 2.37 bits per heavy atom. The van der Waals surface area contributed by atoms with E-state index in [0.717, 1.165) is 22.1 Å². The zero-order valence-electron chi connectivity index (χ0n) is 17.5. The van der Waals surface area contributed by atoms with Crippen LogP contribution < -0.4 is 10.1 Å². The quantitative estimate of drug-likeness (QED) is 0.642. The highest BCUT2D eigenvalue weighted by molar-refractivity contribution is 5.77. The van der Waals surface area contributed by atoms with Crippen molar-refractivity contribution < 1.29 is 27.8 Å². The zero-order valence-corrected chi connectivity index (χ0v) is 17.5. The molecule has 0 aliphatic carbocycles. The molecule has 30 heavy (non-hydrogen) atoms. The second kappa shape index (κ2) is 9.51. The van der Waals surface area contributed by atoms with Crippen LogP contribution in [0.25, 0.3) is 0 Å². The van der Waals surface area contributed by atoms with Gasteiger partial charge >= 0.3 is 6.18 Å². The molecule has 0 saturated carbocycles. The van der Waals surface area contributed by atoms with Crippen LogP contribution in [0.3, 0.4) is 0 Å². The third-order valence-electron chi connectivity index (χ3n) is 4.64. The molecule has 9 heteroatoms. The number of nitrogens with one attached hydrogen (secondary N) is 1. The number of hydrogen-bond donors (Lipinski definition) is 2. The fourth-order valence-corrected chi connectivity index (χ4v) is 3.09. The van der Waals surface area contributed by atoms with E-state index in [0.29, 0.717) is 12.8 Å². The molecule has 1 aromatic heterocycles. The van der Waals surface area contributed by atoms with Crippen molar-refractivity contribution in [2.24, 2.45) is 7.05 Å². The molecule has 0 fully saturated rings. The molecule has 2 rings (SSSR count). The molecule has 2 aromatic rings. The fourth-order valence-electron chi connectivity index (χ4n) is 3.09. The first-order chi connectivity index (χ1) is 13.9. The molecule has 2 atom stereocenters. The Bertz CT molecular complexity index is 834. The first-order valence-corrected chi connectivity index (χ1v) is 9.74. The number of halogens is 3. The molecule has 1 heterocycles. The van der Waals surface area contributed by atoms with Gasteiger partial charge < -0.3 is 19.7 Å². The lowest BCUT2D eigenvalue weighted by molar-refractivity contribution is -0.271. The Morgan fingerprint density at radius 2 is 1.87 bits per heavy atom. The number of nitrogens with zero attached hydrogens (tertiary/aromatic N) is 2. The molecule has 2 N–H and O–H groups in total. The van der Waals surface area contributed by atoms with Crippen LogP contribution in [0.5, 0.6) is 5.75 Å². The van der Waals surface area contributed by atoms with Gasteiger partial charge in [0.2, 0.25) is 11.5 Å². The minimum absolute atomic E-state index is 0.0761. The third kappa shape index (κ3) is 5.98. The summed E-state index contributed by atoms with van der Waals surface area (Å²) in [4.78, 5) is 15.8. The fraction of sp³-hybridized carbons (Fsp3) is 0.524. The average molecular weight is 427 g/mol. The summed E-state index contributed by atoms with van der Waals surface area (Å²) in [5.74, 6) is -0.761. The van der Waals surface area contributed by atoms with E-state index in [1.54, 1.807) is 6.92 Å². The van der Waals surface area contributed by atoms with Crippen molar-refractivity contribution in [1.82, 2.24) is 14.9 Å². The van der Waals surface area contributed by atoms with Crippen LogP contribution in [-0.4, -0.2) is 38.9 Å². The van der Waals surface area contributed by atoms with Gasteiger partial charge in [0.15, 0.2) is 5.82 Å². The number of ether oxygens (including phenoxy) is 1. The summed E-state index contributed by atoms with van der Waals surface area (Å²) < 4.78 is 47.2. The predicted molar refractivity (Wildman–Crippen MR) is 106 cm³/mol. The maximum atomic E-state index is 13.5. The number of alkyl halides is 3. The Labute approximate surface area is 174 Å². The molecule has 0 bridgehead atoms. The van der Waals surface area contributed by atoms with E-state index < -0.39 is 29.9 Å². The van der Waals surface area contributed by atoms with Gasteiger partial charge in [-0.05, 0) is 51.3 Å². The summed E-state index contributed by atoms with van der Waals surface area (Å²) in [5.41, 5.74) is -2.34. The summed E-state index contributed by atoms with van der Waals surface area (Å²) >= 11 is 0. The number of imidazole rings is 1. The van der Waals surface area contributed by atoms with Crippen LogP contribution in [0.2, 0.25) is 0 Å². The second-order valence-corrected chi connectivity index (χ2v) is 7.71. The van der Waals surface area contributed by atoms with Gasteiger partial charge in [0.1, 0.15) is 5.75 Å². The summed E-state index contributed by atoms with van der Waals surface area (Å²) in [6, 6.07) is 7.16. The van der Waals surface area contributed by atoms with Crippen molar-refractivity contribution in [1.29, 1.82) is 0 Å². The summed E-state index contributed by atoms with van der Waals surface area (Å²) in [6.45, 7) is 5.58. The van der Waals surface area contributed by atoms with Gasteiger partial charge in [-0.1, -0.05) is 12.1 Å². The number of hydrogen-bond acceptors (Lipinski definition) is 4. The first-order valence-electron chi connectivity index (χ1n) is 9.74. The number of benzene rings is 1. The van der Waals surface area contributed by atoms with Gasteiger partial charge in [-0.25, -0.2) is 4.98 Å². The van der Waals surface area contributed by atoms with Crippen molar-refractivity contribution in [3.05, 3.63) is 48.0 Å². The van der Waals surface area contributed by atoms with Crippen molar-refractivity contribution in [2.75, 3.05) is 0 Å². The normalized spacial score (nSPS) is 15.0. The number of aromatic nitrogens is 2. The molecule has 1 amide bonds. The molecule has 0 spiro atoms. The Kier molecular flexibility index (Phi) is 7.52. The van der Waals surface area contributed by atoms with Crippen molar-refractivity contribution in [3.63, 3.8) is 0 Å². The van der Waals surface area contributed by atoms with Crippen molar-refractivity contribution in [3.8, 4) is 5.75 Å². The van der Waals surface area contributed by atoms with Crippen LogP contribution in [0.4, 0.5) is 13.2 Å². The summed E-state index contributed by atoms with van der Waals surface area (Å²) in [7, 11) is 1.33. The molecule has 0 saturated heterocycles. The maximum absolute atomic E-state index is 13.5.